The zero-order chi connectivity index (χ0) is 31.7. The topological polar surface area (TPSA) is 249 Å². The number of nitrogens with one attached hydrogen (secondary N) is 5. The summed E-state index contributed by atoms with van der Waals surface area (Å²) in [7, 11) is 0. The second-order valence-electron chi connectivity index (χ2n) is 9.01. The molecule has 0 aliphatic carbocycles. The molecule has 0 aromatic rings. The van der Waals surface area contributed by atoms with E-state index in [0.29, 0.717) is 17.9 Å². The van der Waals surface area contributed by atoms with Gasteiger partial charge in [0.1, 0.15) is 30.2 Å². The molecule has 236 valence electrons. The lowest BCUT2D eigenvalue weighted by Crippen LogP contribution is -2.61. The Balaban J connectivity index is 5.51. The SMILES string of the molecule is CSCC[C@H](NC(=O)[C@H](CO)NC(=O)[C@@H](N)CCSC)C(=O)N[C@@H](CS)C(=O)N[C@H](C(=O)N[C@@H](C)C(=O)O)[C@@H](C)O. The number of carbonyl (C=O) groups excluding carboxylic acids is 5. The Hall–Kier alpha value is -2.25. The number of nitrogens with two attached hydrogens (primary N) is 1. The minimum absolute atomic E-state index is 0.130. The Labute approximate surface area is 253 Å². The van der Waals surface area contributed by atoms with Gasteiger partial charge in [0.25, 0.3) is 0 Å². The fourth-order valence-electron chi connectivity index (χ4n) is 3.12. The molecule has 18 heteroatoms. The van der Waals surface area contributed by atoms with Crippen LogP contribution in [0.1, 0.15) is 26.7 Å². The summed E-state index contributed by atoms with van der Waals surface area (Å²) in [6, 6.07) is -7.58. The van der Waals surface area contributed by atoms with Crippen LogP contribution in [0.25, 0.3) is 0 Å². The fraction of sp³-hybridized carbons (Fsp3) is 0.739. The van der Waals surface area contributed by atoms with Crippen molar-refractivity contribution in [1.29, 1.82) is 0 Å². The van der Waals surface area contributed by atoms with E-state index in [2.05, 4.69) is 39.2 Å². The van der Waals surface area contributed by atoms with Crippen molar-refractivity contribution in [3.05, 3.63) is 0 Å². The molecule has 0 saturated heterocycles. The minimum atomic E-state index is -1.54. The molecule has 0 bridgehead atoms. The van der Waals surface area contributed by atoms with Crippen LogP contribution in [-0.2, 0) is 28.8 Å². The van der Waals surface area contributed by atoms with Gasteiger partial charge in [-0.1, -0.05) is 0 Å². The number of rotatable bonds is 20. The Morgan fingerprint density at radius 1 is 0.756 bits per heavy atom. The van der Waals surface area contributed by atoms with Gasteiger partial charge in [0.15, 0.2) is 0 Å². The third-order valence-electron chi connectivity index (χ3n) is 5.64. The van der Waals surface area contributed by atoms with Crippen molar-refractivity contribution in [2.75, 3.05) is 36.4 Å². The number of thiol groups is 1. The van der Waals surface area contributed by atoms with E-state index in [9.17, 15) is 39.0 Å². The first-order chi connectivity index (χ1) is 19.2. The molecule has 0 saturated carbocycles. The van der Waals surface area contributed by atoms with Crippen LogP contribution in [0.4, 0.5) is 0 Å². The van der Waals surface area contributed by atoms with E-state index in [-0.39, 0.29) is 12.2 Å². The van der Waals surface area contributed by atoms with Gasteiger partial charge < -0.3 is 47.6 Å². The maximum atomic E-state index is 13.1. The van der Waals surface area contributed by atoms with Crippen molar-refractivity contribution in [3.8, 4) is 0 Å². The molecule has 7 atom stereocenters. The van der Waals surface area contributed by atoms with E-state index in [4.69, 9.17) is 10.8 Å². The summed E-state index contributed by atoms with van der Waals surface area (Å²) in [5.74, 6) is -4.63. The zero-order valence-corrected chi connectivity index (χ0v) is 25.9. The van der Waals surface area contributed by atoms with E-state index in [0.717, 1.165) is 0 Å². The molecule has 5 amide bonds. The Morgan fingerprint density at radius 3 is 1.73 bits per heavy atom. The van der Waals surface area contributed by atoms with Crippen LogP contribution in [0.3, 0.4) is 0 Å². The molecule has 0 unspecified atom stereocenters. The van der Waals surface area contributed by atoms with Gasteiger partial charge >= 0.3 is 5.97 Å². The van der Waals surface area contributed by atoms with E-state index in [1.54, 1.807) is 6.26 Å². The van der Waals surface area contributed by atoms with Crippen molar-refractivity contribution >= 4 is 71.7 Å². The highest BCUT2D eigenvalue weighted by Gasteiger charge is 2.33. The zero-order valence-electron chi connectivity index (χ0n) is 23.4. The average molecular weight is 643 g/mol. The number of aliphatic hydroxyl groups is 2. The highest BCUT2D eigenvalue weighted by atomic mass is 32.2. The van der Waals surface area contributed by atoms with Crippen molar-refractivity contribution in [1.82, 2.24) is 26.6 Å². The molecule has 0 aromatic heterocycles. The quantitative estimate of drug-likeness (QED) is 0.0585. The molecule has 0 aromatic carbocycles. The van der Waals surface area contributed by atoms with Gasteiger partial charge in [-0.05, 0) is 50.7 Å². The molecule has 0 rings (SSSR count). The van der Waals surface area contributed by atoms with Gasteiger partial charge in [0, 0.05) is 5.75 Å². The summed E-state index contributed by atoms with van der Waals surface area (Å²) in [5.41, 5.74) is 5.81. The average Bonchev–Trinajstić information content (AvgIpc) is 2.92. The number of thioether (sulfide) groups is 2. The third kappa shape index (κ3) is 14.5. The second kappa shape index (κ2) is 20.6. The molecule has 0 radical (unpaired) electrons. The number of carboxylic acids is 1. The highest BCUT2D eigenvalue weighted by molar-refractivity contribution is 7.98. The summed E-state index contributed by atoms with van der Waals surface area (Å²) in [5, 5.41) is 40.3. The number of amides is 5. The first-order valence-corrected chi connectivity index (χ1v) is 16.0. The van der Waals surface area contributed by atoms with Crippen LogP contribution in [0.5, 0.6) is 0 Å². The molecule has 0 spiro atoms. The Bertz CT molecular complexity index is 899. The van der Waals surface area contributed by atoms with Gasteiger partial charge in [-0.15, -0.1) is 0 Å². The van der Waals surface area contributed by atoms with Crippen LogP contribution in [-0.4, -0.2) is 130 Å². The summed E-state index contributed by atoms with van der Waals surface area (Å²) >= 11 is 6.95. The first kappa shape index (κ1) is 38.8. The third-order valence-corrected chi connectivity index (χ3v) is 7.29. The fourth-order valence-corrected chi connectivity index (χ4v) is 4.33. The predicted molar refractivity (Wildman–Crippen MR) is 160 cm³/mol. The summed E-state index contributed by atoms with van der Waals surface area (Å²) in [6.07, 6.45) is 2.70. The largest absolute Gasteiger partial charge is 0.480 e. The van der Waals surface area contributed by atoms with Crippen LogP contribution >= 0.6 is 36.2 Å². The van der Waals surface area contributed by atoms with Crippen molar-refractivity contribution in [3.63, 3.8) is 0 Å². The first-order valence-electron chi connectivity index (χ1n) is 12.6. The summed E-state index contributed by atoms with van der Waals surface area (Å²) in [6.45, 7) is 1.66. The van der Waals surface area contributed by atoms with E-state index in [1.807, 2.05) is 6.26 Å². The van der Waals surface area contributed by atoms with Gasteiger partial charge in [-0.3, -0.25) is 28.8 Å². The maximum Gasteiger partial charge on any atom is 0.325 e. The van der Waals surface area contributed by atoms with E-state index < -0.39 is 84.5 Å². The lowest BCUT2D eigenvalue weighted by Gasteiger charge is -2.27. The molecule has 0 fully saturated rings. The molecule has 15 nitrogen and oxygen atoms in total. The monoisotopic (exact) mass is 642 g/mol. The Morgan fingerprint density at radius 2 is 1.24 bits per heavy atom. The molecule has 0 aliphatic rings. The number of hydrogen-bond acceptors (Lipinski definition) is 12. The lowest BCUT2D eigenvalue weighted by atomic mass is 10.1. The minimum Gasteiger partial charge on any atom is -0.480 e. The standard InChI is InChI=1S/C23H42N6O9S3/c1-11(23(37)38)25-22(36)17(12(2)31)29-21(35)16(10-39)28-19(33)14(6-8-41-4)26-20(34)15(9-30)27-18(32)13(24)5-7-40-3/h11-17,30-31,39H,5-10,24H2,1-4H3,(H,25,36)(H,26,34)(H,27,32)(H,28,33)(H,29,35)(H,37,38)/t11-,12+,13-,14-,15-,16-,17-/m0/s1. The molecule has 0 aliphatic heterocycles. The normalized spacial score (nSPS) is 16.1. The summed E-state index contributed by atoms with van der Waals surface area (Å²) in [4.78, 5) is 74.5. The number of hydrogen-bond donors (Lipinski definition) is 10. The molecule has 0 heterocycles. The van der Waals surface area contributed by atoms with Crippen LogP contribution in [0, 0.1) is 0 Å². The number of carbonyl (C=O) groups is 6. The van der Waals surface area contributed by atoms with Crippen LogP contribution in [0.15, 0.2) is 0 Å². The van der Waals surface area contributed by atoms with Gasteiger partial charge in [0.2, 0.25) is 29.5 Å². The van der Waals surface area contributed by atoms with Crippen LogP contribution < -0.4 is 32.3 Å². The van der Waals surface area contributed by atoms with Gasteiger partial charge in [0.05, 0.1) is 18.8 Å². The van der Waals surface area contributed by atoms with Gasteiger partial charge in [-0.25, -0.2) is 0 Å². The second-order valence-corrected chi connectivity index (χ2v) is 11.3. The molecular weight excluding hydrogens is 600 g/mol. The van der Waals surface area contributed by atoms with Crippen molar-refractivity contribution in [2.45, 2.75) is 69.0 Å². The highest BCUT2D eigenvalue weighted by Crippen LogP contribution is 2.05. The number of aliphatic carboxylic acids is 1. The lowest BCUT2D eigenvalue weighted by molar-refractivity contribution is -0.142. The van der Waals surface area contributed by atoms with E-state index in [1.165, 1.54) is 37.4 Å². The summed E-state index contributed by atoms with van der Waals surface area (Å²) < 4.78 is 0. The van der Waals surface area contributed by atoms with Crippen molar-refractivity contribution < 1.29 is 44.1 Å². The maximum absolute atomic E-state index is 13.1. The van der Waals surface area contributed by atoms with Crippen LogP contribution in [0.2, 0.25) is 0 Å². The predicted octanol–water partition coefficient (Wildman–Crippen LogP) is -3.35. The molecule has 41 heavy (non-hydrogen) atoms. The van der Waals surface area contributed by atoms with Crippen molar-refractivity contribution in [2.24, 2.45) is 5.73 Å². The molecule has 10 N–H and O–H groups in total. The number of carboxylic acid groups (broad SMARTS) is 1. The van der Waals surface area contributed by atoms with E-state index >= 15 is 0 Å². The molecular formula is C23H42N6O9S3. The van der Waals surface area contributed by atoms with Gasteiger partial charge in [-0.2, -0.15) is 36.2 Å². The smallest absolute Gasteiger partial charge is 0.325 e. The Kier molecular flexibility index (Phi) is 19.5. The number of aliphatic hydroxyl groups excluding tert-OH is 2.